The molecule has 2 rings (SSSR count). The summed E-state index contributed by atoms with van der Waals surface area (Å²) in [6, 6.07) is 10.3. The minimum atomic E-state index is -0.642. The zero-order valence-electron chi connectivity index (χ0n) is 12.6. The van der Waals surface area contributed by atoms with Gasteiger partial charge in [-0.25, -0.2) is 4.79 Å². The van der Waals surface area contributed by atoms with Crippen molar-refractivity contribution in [3.63, 3.8) is 0 Å². The number of nitrogens with one attached hydrogen (secondary N) is 2. The van der Waals surface area contributed by atoms with Crippen LogP contribution in [-0.4, -0.2) is 11.9 Å². The molecule has 1 aromatic heterocycles. The first-order valence-electron chi connectivity index (χ1n) is 7.10. The Morgan fingerprint density at radius 3 is 2.65 bits per heavy atom. The molecule has 1 heterocycles. The fourth-order valence-corrected chi connectivity index (χ4v) is 3.42. The first kappa shape index (κ1) is 17.5. The molecule has 0 fully saturated rings. The lowest BCUT2D eigenvalue weighted by molar-refractivity contribution is -0.122. The topological polar surface area (TPSA) is 84.2 Å². The molecule has 4 N–H and O–H groups in total. The molecule has 0 spiro atoms. The molecule has 2 unspecified atom stereocenters. The van der Waals surface area contributed by atoms with Gasteiger partial charge in [-0.3, -0.25) is 4.79 Å². The van der Waals surface area contributed by atoms with Crippen molar-refractivity contribution in [2.75, 3.05) is 0 Å². The summed E-state index contributed by atoms with van der Waals surface area (Å²) in [4.78, 5) is 24.3. The van der Waals surface area contributed by atoms with Crippen molar-refractivity contribution in [2.45, 2.75) is 25.4 Å². The Hall–Kier alpha value is -1.86. The number of benzene rings is 1. The van der Waals surface area contributed by atoms with Gasteiger partial charge in [0.15, 0.2) is 0 Å². The number of urea groups is 1. The number of rotatable bonds is 6. The Labute approximate surface area is 147 Å². The molecule has 0 bridgehead atoms. The van der Waals surface area contributed by atoms with Crippen molar-refractivity contribution in [2.24, 2.45) is 5.73 Å². The number of amides is 3. The van der Waals surface area contributed by atoms with Crippen LogP contribution in [-0.2, 0) is 4.79 Å². The summed E-state index contributed by atoms with van der Waals surface area (Å²) in [5, 5.41) is 7.45. The number of hydrogen-bond acceptors (Lipinski definition) is 3. The third kappa shape index (κ3) is 5.37. The van der Waals surface area contributed by atoms with Crippen molar-refractivity contribution < 1.29 is 9.59 Å². The van der Waals surface area contributed by atoms with Gasteiger partial charge in [0, 0.05) is 9.35 Å². The van der Waals surface area contributed by atoms with Gasteiger partial charge in [0.05, 0.1) is 18.5 Å². The maximum absolute atomic E-state index is 12.3. The smallest absolute Gasteiger partial charge is 0.312 e. The van der Waals surface area contributed by atoms with E-state index in [2.05, 4.69) is 26.6 Å². The third-order valence-corrected chi connectivity index (χ3v) is 4.80. The maximum atomic E-state index is 12.3. The number of nitrogens with two attached hydrogens (primary N) is 1. The summed E-state index contributed by atoms with van der Waals surface area (Å²) in [6.45, 7) is 1.92. The average molecular weight is 396 g/mol. The predicted octanol–water partition coefficient (Wildman–Crippen LogP) is 3.49. The van der Waals surface area contributed by atoms with E-state index in [-0.39, 0.29) is 18.4 Å². The SMILES string of the molecule is CC(NC(=O)CC(NC(N)=O)c1cccs1)c1cccc(Br)c1. The largest absolute Gasteiger partial charge is 0.352 e. The van der Waals surface area contributed by atoms with Gasteiger partial charge < -0.3 is 16.4 Å². The molecule has 1 aromatic carbocycles. The normalized spacial score (nSPS) is 13.1. The van der Waals surface area contributed by atoms with Crippen molar-refractivity contribution in [1.82, 2.24) is 10.6 Å². The van der Waals surface area contributed by atoms with Crippen LogP contribution in [0, 0.1) is 0 Å². The summed E-state index contributed by atoms with van der Waals surface area (Å²) in [5.74, 6) is -0.148. The highest BCUT2D eigenvalue weighted by molar-refractivity contribution is 9.10. The van der Waals surface area contributed by atoms with Gasteiger partial charge in [-0.2, -0.15) is 0 Å². The van der Waals surface area contributed by atoms with Gasteiger partial charge in [-0.05, 0) is 36.1 Å². The molecule has 2 aromatic rings. The van der Waals surface area contributed by atoms with E-state index in [1.165, 1.54) is 11.3 Å². The Morgan fingerprint density at radius 2 is 2.04 bits per heavy atom. The molecular formula is C16H18BrN3O2S. The van der Waals surface area contributed by atoms with E-state index in [1.807, 2.05) is 48.7 Å². The van der Waals surface area contributed by atoms with E-state index in [4.69, 9.17) is 5.73 Å². The average Bonchev–Trinajstić information content (AvgIpc) is 3.00. The molecule has 23 heavy (non-hydrogen) atoms. The maximum Gasteiger partial charge on any atom is 0.312 e. The lowest BCUT2D eigenvalue weighted by Gasteiger charge is -2.19. The van der Waals surface area contributed by atoms with Crippen LogP contribution < -0.4 is 16.4 Å². The molecule has 122 valence electrons. The van der Waals surface area contributed by atoms with Gasteiger partial charge >= 0.3 is 6.03 Å². The Morgan fingerprint density at radius 1 is 1.26 bits per heavy atom. The first-order chi connectivity index (χ1) is 11.0. The minimum Gasteiger partial charge on any atom is -0.352 e. The summed E-state index contributed by atoms with van der Waals surface area (Å²) >= 11 is 4.89. The fourth-order valence-electron chi connectivity index (χ4n) is 2.23. The van der Waals surface area contributed by atoms with E-state index in [9.17, 15) is 9.59 Å². The van der Waals surface area contributed by atoms with Crippen LogP contribution in [0.2, 0.25) is 0 Å². The molecule has 0 aliphatic rings. The van der Waals surface area contributed by atoms with Crippen LogP contribution in [0.25, 0.3) is 0 Å². The van der Waals surface area contributed by atoms with Crippen LogP contribution in [0.1, 0.15) is 35.9 Å². The number of thiophene rings is 1. The van der Waals surface area contributed by atoms with Gasteiger partial charge in [0.25, 0.3) is 0 Å². The summed E-state index contributed by atoms with van der Waals surface area (Å²) in [6.07, 6.45) is 0.141. The molecule has 7 heteroatoms. The van der Waals surface area contributed by atoms with E-state index < -0.39 is 12.1 Å². The Balaban J connectivity index is 2.00. The van der Waals surface area contributed by atoms with E-state index in [1.54, 1.807) is 0 Å². The molecule has 0 radical (unpaired) electrons. The van der Waals surface area contributed by atoms with Gasteiger partial charge in [0.2, 0.25) is 5.91 Å². The molecule has 0 saturated carbocycles. The zero-order valence-corrected chi connectivity index (χ0v) is 15.0. The predicted molar refractivity (Wildman–Crippen MR) is 95.1 cm³/mol. The molecule has 3 amide bonds. The zero-order chi connectivity index (χ0) is 16.8. The lowest BCUT2D eigenvalue weighted by Crippen LogP contribution is -2.36. The second-order valence-electron chi connectivity index (χ2n) is 5.12. The number of halogens is 1. The van der Waals surface area contributed by atoms with Crippen molar-refractivity contribution in [1.29, 1.82) is 0 Å². The molecule has 0 aliphatic heterocycles. The van der Waals surface area contributed by atoms with Crippen LogP contribution in [0.3, 0.4) is 0 Å². The lowest BCUT2D eigenvalue weighted by atomic mass is 10.1. The molecular weight excluding hydrogens is 378 g/mol. The highest BCUT2D eigenvalue weighted by atomic mass is 79.9. The number of primary amides is 1. The van der Waals surface area contributed by atoms with E-state index in [0.29, 0.717) is 0 Å². The Kier molecular flexibility index (Phi) is 6.18. The first-order valence-corrected chi connectivity index (χ1v) is 8.77. The van der Waals surface area contributed by atoms with Crippen LogP contribution in [0.15, 0.2) is 46.3 Å². The third-order valence-electron chi connectivity index (χ3n) is 3.32. The summed E-state index contributed by atoms with van der Waals surface area (Å²) < 4.78 is 0.961. The van der Waals surface area contributed by atoms with Crippen molar-refractivity contribution in [3.05, 3.63) is 56.7 Å². The molecule has 0 aliphatic carbocycles. The standard InChI is InChI=1S/C16H18BrN3O2S/c1-10(11-4-2-5-12(17)8-11)19-15(21)9-13(20-16(18)22)14-6-3-7-23-14/h2-8,10,13H,9H2,1H3,(H,19,21)(H3,18,20,22). The second kappa shape index (κ2) is 8.12. The number of carbonyl (C=O) groups excluding carboxylic acids is 2. The van der Waals surface area contributed by atoms with Crippen LogP contribution in [0.4, 0.5) is 4.79 Å². The van der Waals surface area contributed by atoms with Crippen LogP contribution >= 0.6 is 27.3 Å². The molecule has 2 atom stereocenters. The van der Waals surface area contributed by atoms with Gasteiger partial charge in [-0.1, -0.05) is 34.1 Å². The summed E-state index contributed by atoms with van der Waals surface area (Å²) in [7, 11) is 0. The second-order valence-corrected chi connectivity index (χ2v) is 7.02. The molecule has 0 saturated heterocycles. The number of carbonyl (C=O) groups is 2. The quantitative estimate of drug-likeness (QED) is 0.699. The highest BCUT2D eigenvalue weighted by Gasteiger charge is 2.19. The molecule has 5 nitrogen and oxygen atoms in total. The van der Waals surface area contributed by atoms with Crippen molar-refractivity contribution in [3.8, 4) is 0 Å². The minimum absolute atomic E-state index is 0.127. The Bertz CT molecular complexity index is 676. The van der Waals surface area contributed by atoms with Gasteiger partial charge in [-0.15, -0.1) is 11.3 Å². The fraction of sp³-hybridized carbons (Fsp3) is 0.250. The van der Waals surface area contributed by atoms with Crippen LogP contribution in [0.5, 0.6) is 0 Å². The monoisotopic (exact) mass is 395 g/mol. The number of hydrogen-bond donors (Lipinski definition) is 3. The summed E-state index contributed by atoms with van der Waals surface area (Å²) in [5.41, 5.74) is 6.20. The van der Waals surface area contributed by atoms with Gasteiger partial charge in [0.1, 0.15) is 0 Å². The van der Waals surface area contributed by atoms with E-state index in [0.717, 1.165) is 14.9 Å². The van der Waals surface area contributed by atoms with E-state index >= 15 is 0 Å². The van der Waals surface area contributed by atoms with Crippen molar-refractivity contribution >= 4 is 39.2 Å². The highest BCUT2D eigenvalue weighted by Crippen LogP contribution is 2.23.